The van der Waals surface area contributed by atoms with E-state index in [1.807, 2.05) is 0 Å². The molecule has 4 heterocycles. The molecule has 1 aliphatic heterocycles. The highest BCUT2D eigenvalue weighted by Gasteiger charge is 2.41. The van der Waals surface area contributed by atoms with Gasteiger partial charge in [0.15, 0.2) is 5.60 Å². The normalized spacial score (nSPS) is 20.5. The molecule has 3 N–H and O–H groups in total. The van der Waals surface area contributed by atoms with E-state index in [-0.39, 0.29) is 29.9 Å². The molecule has 2 atom stereocenters. The number of terminal acetylenes is 1. The van der Waals surface area contributed by atoms with Crippen LogP contribution in [0.5, 0.6) is 0 Å². The van der Waals surface area contributed by atoms with Crippen molar-refractivity contribution < 1.29 is 19.0 Å². The van der Waals surface area contributed by atoms with Crippen LogP contribution in [0.25, 0.3) is 11.0 Å². The fourth-order valence-corrected chi connectivity index (χ4v) is 3.56. The molecule has 1 aliphatic rings. The lowest BCUT2D eigenvalue weighted by atomic mass is 10.0. The first kappa shape index (κ1) is 20.7. The highest BCUT2D eigenvalue weighted by Crippen LogP contribution is 2.38. The number of carbonyl (C=O) groups is 1. The maximum atomic E-state index is 12.0. The second kappa shape index (κ2) is 8.29. The Bertz CT molecular complexity index is 1230. The van der Waals surface area contributed by atoms with E-state index in [0.717, 1.165) is 0 Å². The molecule has 0 aromatic carbocycles. The first-order valence-electron chi connectivity index (χ1n) is 9.31. The molecule has 0 saturated carbocycles. The highest BCUT2D eigenvalue weighted by atomic mass is 35.5. The molecular weight excluding hydrogens is 426 g/mol. The molecule has 0 bridgehead atoms. The second-order valence-electron chi connectivity index (χ2n) is 6.98. The van der Waals surface area contributed by atoms with Crippen LogP contribution in [0.1, 0.15) is 24.6 Å². The van der Waals surface area contributed by atoms with Crippen molar-refractivity contribution in [3.8, 4) is 12.3 Å². The van der Waals surface area contributed by atoms with Crippen LogP contribution in [0.3, 0.4) is 0 Å². The number of hydrogen-bond acceptors (Lipinski definition) is 8. The number of fused-ring (bicyclic) bond motifs is 1. The molecule has 10 nitrogen and oxygen atoms in total. The number of anilines is 1. The molecular formula is C20H18ClN5O5. The largest absolute Gasteiger partial charge is 0.508 e. The van der Waals surface area contributed by atoms with E-state index in [9.17, 15) is 9.59 Å². The van der Waals surface area contributed by atoms with Crippen LogP contribution >= 0.6 is 11.6 Å². The Balaban J connectivity index is 1.40. The minimum atomic E-state index is -1.12. The molecule has 160 valence electrons. The number of aromatic nitrogens is 4. The molecule has 1 saturated heterocycles. The first-order chi connectivity index (χ1) is 14.9. The number of H-pyrrole nitrogens is 1. The van der Waals surface area contributed by atoms with Crippen molar-refractivity contribution in [3.05, 3.63) is 51.8 Å². The third-order valence-corrected chi connectivity index (χ3v) is 5.09. The lowest BCUT2D eigenvalue weighted by molar-refractivity contribution is -0.0736. The third-order valence-electron chi connectivity index (χ3n) is 4.92. The molecule has 31 heavy (non-hydrogen) atoms. The van der Waals surface area contributed by atoms with Crippen molar-refractivity contribution >= 4 is 34.6 Å². The van der Waals surface area contributed by atoms with Gasteiger partial charge in [-0.25, -0.2) is 9.78 Å². The van der Waals surface area contributed by atoms with Crippen molar-refractivity contribution in [2.24, 2.45) is 0 Å². The van der Waals surface area contributed by atoms with E-state index in [1.165, 1.54) is 12.3 Å². The number of ether oxygens (including phenoxy) is 3. The molecule has 0 amide bonds. The molecule has 4 rings (SSSR count). The van der Waals surface area contributed by atoms with E-state index < -0.39 is 18.0 Å². The van der Waals surface area contributed by atoms with E-state index in [4.69, 9.17) is 38.0 Å². The predicted octanol–water partition coefficient (Wildman–Crippen LogP) is 2.39. The van der Waals surface area contributed by atoms with Gasteiger partial charge in [0, 0.05) is 18.5 Å². The average molecular weight is 444 g/mol. The second-order valence-corrected chi connectivity index (χ2v) is 7.31. The van der Waals surface area contributed by atoms with Gasteiger partial charge in [-0.3, -0.25) is 4.79 Å². The number of nitrogens with two attached hydrogens (primary N) is 1. The summed E-state index contributed by atoms with van der Waals surface area (Å²) in [5.41, 5.74) is 5.54. The van der Waals surface area contributed by atoms with Crippen molar-refractivity contribution in [2.45, 2.75) is 31.3 Å². The van der Waals surface area contributed by atoms with E-state index in [1.54, 1.807) is 22.9 Å². The minimum absolute atomic E-state index is 0.0256. The van der Waals surface area contributed by atoms with E-state index in [0.29, 0.717) is 29.4 Å². The summed E-state index contributed by atoms with van der Waals surface area (Å²) in [5.74, 6) is 2.84. The summed E-state index contributed by atoms with van der Waals surface area (Å²) in [7, 11) is 0. The number of nitrogens with zero attached hydrogens (tertiary/aromatic N) is 3. The molecule has 0 aliphatic carbocycles. The number of nitrogen functional groups attached to an aromatic ring is 1. The molecule has 0 radical (unpaired) electrons. The Kier molecular flexibility index (Phi) is 5.54. The Morgan fingerprint density at radius 3 is 3.06 bits per heavy atom. The molecule has 1 unspecified atom stereocenters. The van der Waals surface area contributed by atoms with Crippen LogP contribution in [0.4, 0.5) is 10.6 Å². The highest BCUT2D eigenvalue weighted by molar-refractivity contribution is 6.28. The van der Waals surface area contributed by atoms with E-state index >= 15 is 0 Å². The number of rotatable bonds is 5. The van der Waals surface area contributed by atoms with Crippen molar-refractivity contribution in [1.82, 2.24) is 19.5 Å². The van der Waals surface area contributed by atoms with Gasteiger partial charge in [0.05, 0.1) is 5.39 Å². The maximum absolute atomic E-state index is 12.0. The summed E-state index contributed by atoms with van der Waals surface area (Å²) >= 11 is 5.93. The third kappa shape index (κ3) is 4.33. The predicted molar refractivity (Wildman–Crippen MR) is 111 cm³/mol. The van der Waals surface area contributed by atoms with Crippen LogP contribution < -0.4 is 11.3 Å². The van der Waals surface area contributed by atoms with Crippen LogP contribution in [0, 0.1) is 12.3 Å². The summed E-state index contributed by atoms with van der Waals surface area (Å²) in [5, 5.41) is 0.670. The number of carbonyl (C=O) groups excluding carboxylic acids is 1. The first-order valence-corrected chi connectivity index (χ1v) is 9.69. The Hall–Kier alpha value is -3.55. The Morgan fingerprint density at radius 2 is 2.29 bits per heavy atom. The zero-order valence-electron chi connectivity index (χ0n) is 16.2. The van der Waals surface area contributed by atoms with Gasteiger partial charge in [0.2, 0.25) is 10.8 Å². The van der Waals surface area contributed by atoms with Crippen LogP contribution in [-0.4, -0.2) is 37.9 Å². The fraction of sp³-hybridized carbons (Fsp3) is 0.300. The zero-order chi connectivity index (χ0) is 22.0. The summed E-state index contributed by atoms with van der Waals surface area (Å²) in [6, 6.07) is 4.71. The summed E-state index contributed by atoms with van der Waals surface area (Å²) < 4.78 is 18.0. The van der Waals surface area contributed by atoms with E-state index in [2.05, 4.69) is 20.9 Å². The number of aromatic amines is 1. The van der Waals surface area contributed by atoms with Gasteiger partial charge in [0.1, 0.15) is 30.9 Å². The van der Waals surface area contributed by atoms with Crippen molar-refractivity contribution in [3.63, 3.8) is 0 Å². The smallest absolute Gasteiger partial charge is 0.430 e. The monoisotopic (exact) mass is 443 g/mol. The summed E-state index contributed by atoms with van der Waals surface area (Å²) in [6.45, 7) is -0.294. The maximum Gasteiger partial charge on any atom is 0.508 e. The van der Waals surface area contributed by atoms with Crippen LogP contribution in [0.2, 0.25) is 5.28 Å². The molecule has 0 spiro atoms. The molecule has 3 aromatic heterocycles. The zero-order valence-corrected chi connectivity index (χ0v) is 17.0. The summed E-state index contributed by atoms with van der Waals surface area (Å²) in [6.07, 6.45) is 8.56. The Morgan fingerprint density at radius 1 is 1.45 bits per heavy atom. The van der Waals surface area contributed by atoms with Gasteiger partial charge in [-0.15, -0.1) is 6.42 Å². The van der Waals surface area contributed by atoms with Gasteiger partial charge in [-0.2, -0.15) is 4.98 Å². The number of hydrogen-bond donors (Lipinski definition) is 2. The van der Waals surface area contributed by atoms with Crippen LogP contribution in [-0.2, 0) is 20.8 Å². The Labute approximate surface area is 181 Å². The minimum Gasteiger partial charge on any atom is -0.430 e. The van der Waals surface area contributed by atoms with Gasteiger partial charge in [0.25, 0.3) is 0 Å². The number of halogens is 1. The van der Waals surface area contributed by atoms with Gasteiger partial charge < -0.3 is 29.5 Å². The molecule has 3 aromatic rings. The molecule has 11 heteroatoms. The SMILES string of the molecule is C#CC1(COC(=O)OCc2cc[nH]c(=O)c2)CC[C@H](n2ccc3c(N)nc(Cl)nc32)O1. The van der Waals surface area contributed by atoms with Gasteiger partial charge in [-0.1, -0.05) is 5.92 Å². The standard InChI is InChI=1S/C20H18ClN5O5/c1-2-20(11-30-19(28)29-10-12-4-7-23-14(27)9-12)6-3-15(31-20)26-8-5-13-16(22)24-18(21)25-17(13)26/h1,4-5,7-9,15H,3,6,10-11H2,(H,23,27)(H2,22,24,25)/t15-,20?/m1/s1. The van der Waals surface area contributed by atoms with Crippen molar-refractivity contribution in [2.75, 3.05) is 12.3 Å². The quantitative estimate of drug-likeness (QED) is 0.348. The topological polar surface area (TPSA) is 134 Å². The number of nitrogens with one attached hydrogen (secondary N) is 1. The van der Waals surface area contributed by atoms with Crippen molar-refractivity contribution in [1.29, 1.82) is 0 Å². The van der Waals surface area contributed by atoms with Crippen LogP contribution in [0.15, 0.2) is 35.4 Å². The fourth-order valence-electron chi connectivity index (χ4n) is 3.38. The lowest BCUT2D eigenvalue weighted by Gasteiger charge is -2.23. The number of pyridine rings is 1. The van der Waals surface area contributed by atoms with Gasteiger partial charge >= 0.3 is 6.16 Å². The lowest BCUT2D eigenvalue weighted by Crippen LogP contribution is -2.34. The average Bonchev–Trinajstić information content (AvgIpc) is 3.36. The summed E-state index contributed by atoms with van der Waals surface area (Å²) in [4.78, 5) is 33.9. The molecule has 1 fully saturated rings. The van der Waals surface area contributed by atoms with Gasteiger partial charge in [-0.05, 0) is 42.1 Å².